The summed E-state index contributed by atoms with van der Waals surface area (Å²) in [5, 5.41) is 0. The lowest BCUT2D eigenvalue weighted by atomic mass is 10.1. The second kappa shape index (κ2) is 5.14. The van der Waals surface area contributed by atoms with Crippen LogP contribution in [0.3, 0.4) is 0 Å². The lowest BCUT2D eigenvalue weighted by molar-refractivity contribution is 0.0770. The van der Waals surface area contributed by atoms with Crippen molar-refractivity contribution in [3.8, 4) is 0 Å². The van der Waals surface area contributed by atoms with E-state index in [2.05, 4.69) is 4.98 Å². The number of nitrogens with zero attached hydrogens (tertiary/aromatic N) is 2. The number of pyridine rings is 1. The minimum atomic E-state index is -0.0455. The Bertz CT molecular complexity index is 408. The molecule has 5 heteroatoms. The van der Waals surface area contributed by atoms with Gasteiger partial charge in [0.1, 0.15) is 11.5 Å². The number of anilines is 1. The van der Waals surface area contributed by atoms with Crippen molar-refractivity contribution < 1.29 is 9.53 Å². The summed E-state index contributed by atoms with van der Waals surface area (Å²) in [5.41, 5.74) is 5.99. The molecular formula is C12H17N3O2. The fourth-order valence-electron chi connectivity index (χ4n) is 2.12. The van der Waals surface area contributed by atoms with Crippen LogP contribution in [0.1, 0.15) is 16.9 Å². The zero-order valence-electron chi connectivity index (χ0n) is 9.93. The fourth-order valence-corrected chi connectivity index (χ4v) is 2.12. The standard InChI is InChI=1S/C12H17N3O2/c1-17-8-9-5-6-15(7-9)12(16)10-3-2-4-11(13)14-10/h2-4,9H,5-8H2,1H3,(H2,13,14)/t9-/m1/s1. The SMILES string of the molecule is COC[C@@H]1CCN(C(=O)c2cccc(N)n2)C1. The van der Waals surface area contributed by atoms with Crippen LogP contribution in [-0.2, 0) is 4.74 Å². The van der Waals surface area contributed by atoms with E-state index < -0.39 is 0 Å². The van der Waals surface area contributed by atoms with Crippen molar-refractivity contribution in [2.24, 2.45) is 5.92 Å². The highest BCUT2D eigenvalue weighted by molar-refractivity contribution is 5.92. The summed E-state index contributed by atoms with van der Waals surface area (Å²) >= 11 is 0. The van der Waals surface area contributed by atoms with E-state index >= 15 is 0 Å². The van der Waals surface area contributed by atoms with Gasteiger partial charge in [0.2, 0.25) is 0 Å². The van der Waals surface area contributed by atoms with Crippen LogP contribution in [0.4, 0.5) is 5.82 Å². The molecule has 2 heterocycles. The van der Waals surface area contributed by atoms with Crippen molar-refractivity contribution in [3.05, 3.63) is 23.9 Å². The van der Waals surface area contributed by atoms with Crippen molar-refractivity contribution in [2.75, 3.05) is 32.5 Å². The Balaban J connectivity index is 2.02. The van der Waals surface area contributed by atoms with Gasteiger partial charge in [0.05, 0.1) is 6.61 Å². The van der Waals surface area contributed by atoms with Gasteiger partial charge in [0.25, 0.3) is 5.91 Å². The highest BCUT2D eigenvalue weighted by atomic mass is 16.5. The van der Waals surface area contributed by atoms with Gasteiger partial charge < -0.3 is 15.4 Å². The first-order valence-corrected chi connectivity index (χ1v) is 5.71. The van der Waals surface area contributed by atoms with Gasteiger partial charge in [-0.05, 0) is 18.6 Å². The van der Waals surface area contributed by atoms with Gasteiger partial charge in [-0.15, -0.1) is 0 Å². The third-order valence-corrected chi connectivity index (χ3v) is 2.97. The van der Waals surface area contributed by atoms with Crippen molar-refractivity contribution in [2.45, 2.75) is 6.42 Å². The molecule has 1 aliphatic heterocycles. The fraction of sp³-hybridized carbons (Fsp3) is 0.500. The van der Waals surface area contributed by atoms with Crippen molar-refractivity contribution >= 4 is 11.7 Å². The highest BCUT2D eigenvalue weighted by Gasteiger charge is 2.27. The molecule has 0 spiro atoms. The molecule has 1 aromatic rings. The number of nitrogens with two attached hydrogens (primary N) is 1. The average molecular weight is 235 g/mol. The van der Waals surface area contributed by atoms with Crippen LogP contribution in [0.15, 0.2) is 18.2 Å². The minimum absolute atomic E-state index is 0.0455. The first-order valence-electron chi connectivity index (χ1n) is 5.71. The van der Waals surface area contributed by atoms with Gasteiger partial charge in [0, 0.05) is 26.1 Å². The summed E-state index contributed by atoms with van der Waals surface area (Å²) in [6, 6.07) is 5.12. The summed E-state index contributed by atoms with van der Waals surface area (Å²) in [4.78, 5) is 18.0. The summed E-state index contributed by atoms with van der Waals surface area (Å²) in [6.07, 6.45) is 0.988. The maximum atomic E-state index is 12.1. The maximum Gasteiger partial charge on any atom is 0.272 e. The van der Waals surface area contributed by atoms with Crippen LogP contribution < -0.4 is 5.73 Å². The number of carbonyl (C=O) groups is 1. The van der Waals surface area contributed by atoms with E-state index in [0.29, 0.717) is 24.0 Å². The summed E-state index contributed by atoms with van der Waals surface area (Å²) in [5.74, 6) is 0.768. The molecule has 1 aromatic heterocycles. The van der Waals surface area contributed by atoms with E-state index in [9.17, 15) is 4.79 Å². The summed E-state index contributed by atoms with van der Waals surface area (Å²) < 4.78 is 5.11. The molecule has 1 amide bonds. The number of nitrogen functional groups attached to an aromatic ring is 1. The lowest BCUT2D eigenvalue weighted by Crippen LogP contribution is -2.30. The minimum Gasteiger partial charge on any atom is -0.384 e. The number of likely N-dealkylation sites (tertiary alicyclic amines) is 1. The topological polar surface area (TPSA) is 68.5 Å². The predicted octanol–water partition coefficient (Wildman–Crippen LogP) is 0.772. The Morgan fingerprint density at radius 1 is 1.65 bits per heavy atom. The molecular weight excluding hydrogens is 218 g/mol. The molecule has 0 saturated carbocycles. The van der Waals surface area contributed by atoms with Gasteiger partial charge in [-0.1, -0.05) is 6.07 Å². The molecule has 1 saturated heterocycles. The van der Waals surface area contributed by atoms with Crippen LogP contribution in [0.2, 0.25) is 0 Å². The van der Waals surface area contributed by atoms with Crippen LogP contribution >= 0.6 is 0 Å². The average Bonchev–Trinajstić information content (AvgIpc) is 2.77. The van der Waals surface area contributed by atoms with E-state index in [-0.39, 0.29) is 5.91 Å². The first kappa shape index (κ1) is 11.9. The van der Waals surface area contributed by atoms with E-state index in [1.54, 1.807) is 25.3 Å². The Morgan fingerprint density at radius 2 is 2.47 bits per heavy atom. The Morgan fingerprint density at radius 3 is 3.18 bits per heavy atom. The number of hydrogen-bond acceptors (Lipinski definition) is 4. The molecule has 1 aliphatic rings. The number of aromatic nitrogens is 1. The third kappa shape index (κ3) is 2.74. The largest absolute Gasteiger partial charge is 0.384 e. The number of methoxy groups -OCH3 is 1. The number of hydrogen-bond donors (Lipinski definition) is 1. The monoisotopic (exact) mass is 235 g/mol. The van der Waals surface area contributed by atoms with E-state index in [0.717, 1.165) is 19.5 Å². The summed E-state index contributed by atoms with van der Waals surface area (Å²) in [7, 11) is 1.68. The maximum absolute atomic E-state index is 12.1. The van der Waals surface area contributed by atoms with Gasteiger partial charge in [-0.2, -0.15) is 0 Å². The molecule has 5 nitrogen and oxygen atoms in total. The smallest absolute Gasteiger partial charge is 0.272 e. The zero-order chi connectivity index (χ0) is 12.3. The van der Waals surface area contributed by atoms with Gasteiger partial charge in [0.15, 0.2) is 0 Å². The molecule has 2 N–H and O–H groups in total. The van der Waals surface area contributed by atoms with Gasteiger partial charge in [-0.3, -0.25) is 4.79 Å². The van der Waals surface area contributed by atoms with E-state index in [4.69, 9.17) is 10.5 Å². The van der Waals surface area contributed by atoms with Crippen LogP contribution in [0, 0.1) is 5.92 Å². The Labute approximate surface area is 101 Å². The molecule has 1 fully saturated rings. The number of amides is 1. The molecule has 0 aromatic carbocycles. The Hall–Kier alpha value is -1.62. The molecule has 0 bridgehead atoms. The quantitative estimate of drug-likeness (QED) is 0.840. The number of carbonyl (C=O) groups excluding carboxylic acids is 1. The molecule has 0 radical (unpaired) electrons. The van der Waals surface area contributed by atoms with Gasteiger partial charge in [-0.25, -0.2) is 4.98 Å². The third-order valence-electron chi connectivity index (χ3n) is 2.97. The van der Waals surface area contributed by atoms with Crippen LogP contribution in [0.5, 0.6) is 0 Å². The normalized spacial score (nSPS) is 19.6. The van der Waals surface area contributed by atoms with E-state index in [1.165, 1.54) is 0 Å². The molecule has 2 rings (SSSR count). The van der Waals surface area contributed by atoms with Gasteiger partial charge >= 0.3 is 0 Å². The van der Waals surface area contributed by atoms with Crippen molar-refractivity contribution in [3.63, 3.8) is 0 Å². The lowest BCUT2D eigenvalue weighted by Gasteiger charge is -2.15. The Kier molecular flexibility index (Phi) is 3.58. The zero-order valence-corrected chi connectivity index (χ0v) is 9.93. The van der Waals surface area contributed by atoms with E-state index in [1.807, 2.05) is 4.90 Å². The van der Waals surface area contributed by atoms with Crippen LogP contribution in [-0.4, -0.2) is 42.6 Å². The predicted molar refractivity (Wildman–Crippen MR) is 64.5 cm³/mol. The van der Waals surface area contributed by atoms with Crippen molar-refractivity contribution in [1.29, 1.82) is 0 Å². The first-order chi connectivity index (χ1) is 8.20. The second-order valence-electron chi connectivity index (χ2n) is 4.31. The molecule has 92 valence electrons. The highest BCUT2D eigenvalue weighted by Crippen LogP contribution is 2.18. The molecule has 17 heavy (non-hydrogen) atoms. The number of ether oxygens (including phenoxy) is 1. The molecule has 0 unspecified atom stereocenters. The van der Waals surface area contributed by atoms with Crippen LogP contribution in [0.25, 0.3) is 0 Å². The second-order valence-corrected chi connectivity index (χ2v) is 4.31. The summed E-state index contributed by atoms with van der Waals surface area (Å²) in [6.45, 7) is 2.21. The number of rotatable bonds is 3. The molecule has 0 aliphatic carbocycles. The molecule has 1 atom stereocenters. The van der Waals surface area contributed by atoms with Crippen molar-refractivity contribution in [1.82, 2.24) is 9.88 Å².